The highest BCUT2D eigenvalue weighted by molar-refractivity contribution is 6.33. The Morgan fingerprint density at radius 2 is 2.07 bits per heavy atom. The van der Waals surface area contributed by atoms with Crippen LogP contribution in [-0.2, 0) is 0 Å². The van der Waals surface area contributed by atoms with Gasteiger partial charge in [-0.1, -0.05) is 23.7 Å². The minimum atomic E-state index is -0.461. The molecule has 0 unspecified atom stereocenters. The number of oxazole rings is 1. The first kappa shape index (κ1) is 9.09. The smallest absolute Gasteiger partial charge is 0.408 e. The largest absolute Gasteiger partial charge is 0.417 e. The topological polar surface area (TPSA) is 46.0 Å². The van der Waals surface area contributed by atoms with E-state index in [-0.39, 0.29) is 0 Å². The van der Waals surface area contributed by atoms with Crippen LogP contribution in [0.4, 0.5) is 0 Å². The van der Waals surface area contributed by atoms with Crippen molar-refractivity contribution in [2.75, 3.05) is 0 Å². The molecule has 1 heterocycles. The zero-order valence-corrected chi connectivity index (χ0v) is 8.26. The van der Waals surface area contributed by atoms with E-state index in [2.05, 4.69) is 4.98 Å². The summed E-state index contributed by atoms with van der Waals surface area (Å²) in [7, 11) is 0. The van der Waals surface area contributed by atoms with Crippen LogP contribution >= 0.6 is 11.6 Å². The van der Waals surface area contributed by atoms with E-state index in [1.165, 1.54) is 0 Å². The highest BCUT2D eigenvalue weighted by Crippen LogP contribution is 2.28. The van der Waals surface area contributed by atoms with Crippen molar-refractivity contribution in [1.29, 1.82) is 0 Å². The van der Waals surface area contributed by atoms with Gasteiger partial charge in [0.15, 0.2) is 5.76 Å². The van der Waals surface area contributed by atoms with Crippen LogP contribution in [0.1, 0.15) is 5.69 Å². The van der Waals surface area contributed by atoms with Gasteiger partial charge in [-0.05, 0) is 19.1 Å². The summed E-state index contributed by atoms with van der Waals surface area (Å²) in [6.07, 6.45) is 0. The van der Waals surface area contributed by atoms with Gasteiger partial charge in [-0.25, -0.2) is 4.79 Å². The van der Waals surface area contributed by atoms with Gasteiger partial charge in [-0.3, -0.25) is 4.98 Å². The first-order valence-electron chi connectivity index (χ1n) is 4.13. The molecule has 2 aromatic rings. The molecule has 0 fully saturated rings. The molecule has 0 aliphatic rings. The lowest BCUT2D eigenvalue weighted by atomic mass is 10.1. The number of aromatic nitrogens is 1. The summed E-state index contributed by atoms with van der Waals surface area (Å²) >= 11 is 5.96. The average molecular weight is 210 g/mol. The van der Waals surface area contributed by atoms with Crippen LogP contribution in [0, 0.1) is 6.92 Å². The van der Waals surface area contributed by atoms with E-state index < -0.39 is 5.76 Å². The molecule has 1 aromatic heterocycles. The first-order chi connectivity index (χ1) is 6.68. The van der Waals surface area contributed by atoms with Gasteiger partial charge in [0.05, 0.1) is 10.7 Å². The fourth-order valence-corrected chi connectivity index (χ4v) is 1.53. The molecule has 3 nitrogen and oxygen atoms in total. The third-order valence-electron chi connectivity index (χ3n) is 1.94. The predicted octanol–water partition coefficient (Wildman–Crippen LogP) is 2.60. The summed E-state index contributed by atoms with van der Waals surface area (Å²) < 4.78 is 4.99. The first-order valence-corrected chi connectivity index (χ1v) is 4.51. The van der Waals surface area contributed by atoms with Crippen LogP contribution in [0.3, 0.4) is 0 Å². The van der Waals surface area contributed by atoms with Gasteiger partial charge in [0.1, 0.15) is 0 Å². The molecular weight excluding hydrogens is 202 g/mol. The standard InChI is InChI=1S/C10H8ClNO2/c1-6-9(14-10(13)12-6)7-4-2-3-5-8(7)11/h2-5H,1H3,(H,12,13). The maximum absolute atomic E-state index is 10.9. The predicted molar refractivity (Wildman–Crippen MR) is 54.5 cm³/mol. The molecule has 0 spiro atoms. The molecule has 72 valence electrons. The number of aromatic amines is 1. The maximum Gasteiger partial charge on any atom is 0.417 e. The summed E-state index contributed by atoms with van der Waals surface area (Å²) in [5, 5.41) is 0.568. The van der Waals surface area contributed by atoms with E-state index in [1.54, 1.807) is 19.1 Å². The Hall–Kier alpha value is -1.48. The Labute approximate surface area is 85.3 Å². The van der Waals surface area contributed by atoms with Crippen LogP contribution in [0.5, 0.6) is 0 Å². The summed E-state index contributed by atoms with van der Waals surface area (Å²) in [5.41, 5.74) is 1.41. The lowest BCUT2D eigenvalue weighted by molar-refractivity contribution is 0.528. The number of aryl methyl sites for hydroxylation is 1. The second-order valence-electron chi connectivity index (χ2n) is 2.95. The number of benzene rings is 1. The molecule has 0 atom stereocenters. The van der Waals surface area contributed by atoms with Crippen LogP contribution < -0.4 is 5.76 Å². The molecule has 1 N–H and O–H groups in total. The normalized spacial score (nSPS) is 10.4. The molecule has 0 aliphatic carbocycles. The van der Waals surface area contributed by atoms with Crippen molar-refractivity contribution in [3.8, 4) is 11.3 Å². The van der Waals surface area contributed by atoms with E-state index in [0.29, 0.717) is 16.5 Å². The van der Waals surface area contributed by atoms with Crippen molar-refractivity contribution in [2.24, 2.45) is 0 Å². The molecular formula is C10H8ClNO2. The third-order valence-corrected chi connectivity index (χ3v) is 2.27. The van der Waals surface area contributed by atoms with Gasteiger partial charge in [0, 0.05) is 5.56 Å². The van der Waals surface area contributed by atoms with E-state index in [9.17, 15) is 4.79 Å². The van der Waals surface area contributed by atoms with Gasteiger partial charge in [0.2, 0.25) is 0 Å². The molecule has 2 rings (SSSR count). The summed E-state index contributed by atoms with van der Waals surface area (Å²) in [4.78, 5) is 13.5. The molecule has 4 heteroatoms. The van der Waals surface area contributed by atoms with Crippen LogP contribution in [0.2, 0.25) is 5.02 Å². The highest BCUT2D eigenvalue weighted by Gasteiger charge is 2.10. The summed E-state index contributed by atoms with van der Waals surface area (Å²) in [6.45, 7) is 1.77. The number of nitrogens with one attached hydrogen (secondary N) is 1. The Morgan fingerprint density at radius 3 is 2.64 bits per heavy atom. The lowest BCUT2D eigenvalue weighted by Gasteiger charge is -1.99. The second-order valence-corrected chi connectivity index (χ2v) is 3.36. The number of halogens is 1. The average Bonchev–Trinajstić information content (AvgIpc) is 2.46. The molecule has 0 bridgehead atoms. The number of hydrogen-bond acceptors (Lipinski definition) is 2. The molecule has 14 heavy (non-hydrogen) atoms. The van der Waals surface area contributed by atoms with Gasteiger partial charge >= 0.3 is 5.76 Å². The van der Waals surface area contributed by atoms with Crippen molar-refractivity contribution in [3.63, 3.8) is 0 Å². The highest BCUT2D eigenvalue weighted by atomic mass is 35.5. The van der Waals surface area contributed by atoms with Crippen molar-refractivity contribution >= 4 is 11.6 Å². The third kappa shape index (κ3) is 1.46. The van der Waals surface area contributed by atoms with E-state index in [1.807, 2.05) is 12.1 Å². The summed E-state index contributed by atoms with van der Waals surface area (Å²) in [5.74, 6) is 0.0398. The molecule has 0 radical (unpaired) electrons. The van der Waals surface area contributed by atoms with Crippen LogP contribution in [-0.4, -0.2) is 4.98 Å². The van der Waals surface area contributed by atoms with E-state index in [0.717, 1.165) is 5.56 Å². The minimum Gasteiger partial charge on any atom is -0.408 e. The monoisotopic (exact) mass is 209 g/mol. The zero-order valence-electron chi connectivity index (χ0n) is 7.50. The van der Waals surface area contributed by atoms with Crippen LogP contribution in [0.25, 0.3) is 11.3 Å². The van der Waals surface area contributed by atoms with Gasteiger partial charge in [-0.15, -0.1) is 0 Å². The zero-order chi connectivity index (χ0) is 10.1. The van der Waals surface area contributed by atoms with Crippen molar-refractivity contribution in [1.82, 2.24) is 4.98 Å². The van der Waals surface area contributed by atoms with Crippen molar-refractivity contribution in [3.05, 3.63) is 45.5 Å². The molecule has 0 saturated carbocycles. The molecule has 0 aliphatic heterocycles. The van der Waals surface area contributed by atoms with Gasteiger partial charge in [0.25, 0.3) is 0 Å². The fraction of sp³-hybridized carbons (Fsp3) is 0.100. The maximum atomic E-state index is 10.9. The molecule has 0 saturated heterocycles. The Balaban J connectivity index is 2.66. The van der Waals surface area contributed by atoms with E-state index in [4.69, 9.17) is 16.0 Å². The fourth-order valence-electron chi connectivity index (χ4n) is 1.31. The number of hydrogen-bond donors (Lipinski definition) is 1. The Bertz CT molecular complexity index is 513. The SMILES string of the molecule is Cc1[nH]c(=O)oc1-c1ccccc1Cl. The van der Waals surface area contributed by atoms with Crippen LogP contribution in [0.15, 0.2) is 33.5 Å². The van der Waals surface area contributed by atoms with Crippen molar-refractivity contribution in [2.45, 2.75) is 6.92 Å². The minimum absolute atomic E-state index is 0.461. The van der Waals surface area contributed by atoms with Gasteiger partial charge < -0.3 is 4.42 Å². The van der Waals surface area contributed by atoms with Gasteiger partial charge in [-0.2, -0.15) is 0 Å². The summed E-state index contributed by atoms with van der Waals surface area (Å²) in [6, 6.07) is 7.23. The lowest BCUT2D eigenvalue weighted by Crippen LogP contribution is -1.94. The number of rotatable bonds is 1. The molecule has 0 amide bonds. The molecule has 1 aromatic carbocycles. The Morgan fingerprint density at radius 1 is 1.36 bits per heavy atom. The quantitative estimate of drug-likeness (QED) is 0.785. The van der Waals surface area contributed by atoms with Crippen molar-refractivity contribution < 1.29 is 4.42 Å². The second kappa shape index (κ2) is 3.35. The number of H-pyrrole nitrogens is 1. The van der Waals surface area contributed by atoms with E-state index >= 15 is 0 Å². The Kier molecular flexibility index (Phi) is 2.17.